The third-order valence-corrected chi connectivity index (χ3v) is 4.17. The van der Waals surface area contributed by atoms with Gasteiger partial charge in [0.25, 0.3) is 5.91 Å². The third kappa shape index (κ3) is 3.85. The summed E-state index contributed by atoms with van der Waals surface area (Å²) >= 11 is 0. The fourth-order valence-electron chi connectivity index (χ4n) is 2.67. The van der Waals surface area contributed by atoms with Crippen LogP contribution in [0.5, 0.6) is 0 Å². The number of carbonyl (C=O) groups is 1. The SMILES string of the molecule is CCN(N)C(=N)c1cccc(NC(=O)c2cc3c(cn2)CCN(O)C3)n1. The number of rotatable bonds is 4. The summed E-state index contributed by atoms with van der Waals surface area (Å²) in [4.78, 5) is 20.9. The second-order valence-electron chi connectivity index (χ2n) is 5.97. The molecule has 3 rings (SSSR count). The Balaban J connectivity index is 1.76. The highest BCUT2D eigenvalue weighted by Gasteiger charge is 2.18. The lowest BCUT2D eigenvalue weighted by Gasteiger charge is -2.23. The highest BCUT2D eigenvalue weighted by Crippen LogP contribution is 2.18. The molecule has 0 atom stereocenters. The standard InChI is InChI=1S/C17H21N7O2/c1-2-24(19)16(18)13-4-3-5-15(21-13)22-17(25)14-8-12-10-23(26)7-6-11(12)9-20-14/h3-5,8-9,18,26H,2,6-7,10,19H2,1H3,(H,21,22,25). The molecule has 0 saturated carbocycles. The lowest BCUT2D eigenvalue weighted by atomic mass is 10.0. The number of nitrogens with zero attached hydrogens (tertiary/aromatic N) is 4. The van der Waals surface area contributed by atoms with Gasteiger partial charge in [0, 0.05) is 25.8 Å². The van der Waals surface area contributed by atoms with Crippen LogP contribution in [-0.2, 0) is 13.0 Å². The molecule has 136 valence electrons. The Morgan fingerprint density at radius 2 is 2.23 bits per heavy atom. The van der Waals surface area contributed by atoms with Gasteiger partial charge in [-0.15, -0.1) is 0 Å². The van der Waals surface area contributed by atoms with E-state index in [4.69, 9.17) is 11.3 Å². The Morgan fingerprint density at radius 3 is 3.00 bits per heavy atom. The van der Waals surface area contributed by atoms with Crippen LogP contribution in [0.15, 0.2) is 30.5 Å². The highest BCUT2D eigenvalue weighted by molar-refractivity contribution is 6.03. The molecule has 0 fully saturated rings. The number of anilines is 1. The van der Waals surface area contributed by atoms with Gasteiger partial charge in [-0.25, -0.2) is 10.8 Å². The van der Waals surface area contributed by atoms with E-state index in [2.05, 4.69) is 15.3 Å². The highest BCUT2D eigenvalue weighted by atomic mass is 16.5. The largest absolute Gasteiger partial charge is 0.314 e. The minimum Gasteiger partial charge on any atom is -0.314 e. The van der Waals surface area contributed by atoms with Gasteiger partial charge in [0.15, 0.2) is 5.84 Å². The quantitative estimate of drug-likeness (QED) is 0.278. The second-order valence-corrected chi connectivity index (χ2v) is 5.97. The van der Waals surface area contributed by atoms with Crippen LogP contribution in [0.1, 0.15) is 34.2 Å². The van der Waals surface area contributed by atoms with E-state index in [0.717, 1.165) is 11.1 Å². The monoisotopic (exact) mass is 355 g/mol. The van der Waals surface area contributed by atoms with Crippen molar-refractivity contribution in [3.05, 3.63) is 53.0 Å². The molecule has 2 aromatic heterocycles. The van der Waals surface area contributed by atoms with Gasteiger partial charge in [-0.05, 0) is 42.7 Å². The molecule has 0 spiro atoms. The average molecular weight is 355 g/mol. The van der Waals surface area contributed by atoms with Crippen molar-refractivity contribution < 1.29 is 10.0 Å². The van der Waals surface area contributed by atoms with Crippen molar-refractivity contribution in [1.82, 2.24) is 20.0 Å². The summed E-state index contributed by atoms with van der Waals surface area (Å²) < 4.78 is 0. The van der Waals surface area contributed by atoms with Crippen LogP contribution >= 0.6 is 0 Å². The third-order valence-electron chi connectivity index (χ3n) is 4.17. The number of hydrogen-bond acceptors (Lipinski definition) is 7. The van der Waals surface area contributed by atoms with E-state index in [9.17, 15) is 10.0 Å². The average Bonchev–Trinajstić information content (AvgIpc) is 2.66. The molecule has 1 amide bonds. The van der Waals surface area contributed by atoms with Gasteiger partial charge in [-0.1, -0.05) is 6.07 Å². The van der Waals surface area contributed by atoms with Crippen LogP contribution in [0.25, 0.3) is 0 Å². The van der Waals surface area contributed by atoms with E-state index < -0.39 is 5.91 Å². The molecule has 1 aliphatic heterocycles. The molecule has 26 heavy (non-hydrogen) atoms. The first-order valence-corrected chi connectivity index (χ1v) is 8.29. The Kier molecular flexibility index (Phi) is 5.21. The molecule has 0 radical (unpaired) electrons. The minimum absolute atomic E-state index is 0.0681. The van der Waals surface area contributed by atoms with Crippen molar-refractivity contribution in [2.24, 2.45) is 5.84 Å². The molecule has 3 heterocycles. The number of nitrogens with two attached hydrogens (primary N) is 1. The fourth-order valence-corrected chi connectivity index (χ4v) is 2.67. The van der Waals surface area contributed by atoms with Crippen molar-refractivity contribution in [3.8, 4) is 0 Å². The molecule has 9 nitrogen and oxygen atoms in total. The van der Waals surface area contributed by atoms with Gasteiger partial charge >= 0.3 is 0 Å². The van der Waals surface area contributed by atoms with Crippen LogP contribution in [0.3, 0.4) is 0 Å². The van der Waals surface area contributed by atoms with Crippen molar-refractivity contribution >= 4 is 17.6 Å². The van der Waals surface area contributed by atoms with E-state index in [0.29, 0.717) is 37.6 Å². The first kappa shape index (κ1) is 17.9. The van der Waals surface area contributed by atoms with E-state index in [1.54, 1.807) is 30.5 Å². The molecule has 2 aromatic rings. The van der Waals surface area contributed by atoms with E-state index >= 15 is 0 Å². The van der Waals surface area contributed by atoms with Crippen LogP contribution < -0.4 is 11.2 Å². The maximum absolute atomic E-state index is 12.5. The molecule has 0 saturated heterocycles. The van der Waals surface area contributed by atoms with Gasteiger partial charge in [0.2, 0.25) is 0 Å². The molecule has 1 aliphatic rings. The number of pyridine rings is 2. The summed E-state index contributed by atoms with van der Waals surface area (Å²) in [5.41, 5.74) is 2.52. The molecule has 0 aliphatic carbocycles. The molecular formula is C17H21N7O2. The Hall–Kier alpha value is -2.88. The van der Waals surface area contributed by atoms with Crippen molar-refractivity contribution in [2.45, 2.75) is 19.9 Å². The normalized spacial score (nSPS) is 13.8. The van der Waals surface area contributed by atoms with Crippen LogP contribution in [-0.4, -0.2) is 50.1 Å². The summed E-state index contributed by atoms with van der Waals surface area (Å²) in [6.45, 7) is 3.22. The molecule has 5 N–H and O–H groups in total. The summed E-state index contributed by atoms with van der Waals surface area (Å²) in [5.74, 6) is 5.69. The minimum atomic E-state index is -0.404. The lowest BCUT2D eigenvalue weighted by molar-refractivity contribution is -0.103. The lowest BCUT2D eigenvalue weighted by Crippen LogP contribution is -2.37. The number of hydroxylamine groups is 2. The predicted molar refractivity (Wildman–Crippen MR) is 95.7 cm³/mol. The van der Waals surface area contributed by atoms with E-state index in [1.165, 1.54) is 10.1 Å². The first-order chi connectivity index (χ1) is 12.5. The number of fused-ring (bicyclic) bond motifs is 1. The maximum Gasteiger partial charge on any atom is 0.275 e. The Labute approximate surface area is 150 Å². The number of aromatic nitrogens is 2. The Morgan fingerprint density at radius 1 is 1.42 bits per heavy atom. The summed E-state index contributed by atoms with van der Waals surface area (Å²) in [7, 11) is 0. The zero-order valence-electron chi connectivity index (χ0n) is 14.4. The topological polar surface area (TPSA) is 131 Å². The summed E-state index contributed by atoms with van der Waals surface area (Å²) in [6, 6.07) is 6.66. The van der Waals surface area contributed by atoms with Gasteiger partial charge in [0.1, 0.15) is 17.2 Å². The zero-order valence-corrected chi connectivity index (χ0v) is 14.4. The van der Waals surface area contributed by atoms with Gasteiger partial charge < -0.3 is 10.5 Å². The zero-order chi connectivity index (χ0) is 18.7. The number of hydrazine groups is 1. The number of amides is 1. The van der Waals surface area contributed by atoms with E-state index in [-0.39, 0.29) is 11.5 Å². The van der Waals surface area contributed by atoms with Gasteiger partial charge in [-0.2, -0.15) is 5.06 Å². The molecular weight excluding hydrogens is 334 g/mol. The molecule has 0 unspecified atom stereocenters. The molecule has 9 heteroatoms. The van der Waals surface area contributed by atoms with Crippen molar-refractivity contribution in [2.75, 3.05) is 18.4 Å². The maximum atomic E-state index is 12.5. The summed E-state index contributed by atoms with van der Waals surface area (Å²) in [6.07, 6.45) is 2.36. The van der Waals surface area contributed by atoms with Crippen molar-refractivity contribution in [1.29, 1.82) is 5.41 Å². The Bertz CT molecular complexity index is 840. The number of nitrogens with one attached hydrogen (secondary N) is 2. The van der Waals surface area contributed by atoms with Crippen LogP contribution in [0.4, 0.5) is 5.82 Å². The number of amidine groups is 1. The van der Waals surface area contributed by atoms with Gasteiger partial charge in [-0.3, -0.25) is 20.2 Å². The van der Waals surface area contributed by atoms with E-state index in [1.807, 2.05) is 6.92 Å². The molecule has 0 bridgehead atoms. The summed E-state index contributed by atoms with van der Waals surface area (Å²) in [5, 5.41) is 22.8. The number of carbonyl (C=O) groups excluding carboxylic acids is 1. The number of hydrogen-bond donors (Lipinski definition) is 4. The van der Waals surface area contributed by atoms with Crippen molar-refractivity contribution in [3.63, 3.8) is 0 Å². The fraction of sp³-hybridized carbons (Fsp3) is 0.294. The van der Waals surface area contributed by atoms with Crippen LogP contribution in [0.2, 0.25) is 0 Å². The molecule has 0 aromatic carbocycles. The predicted octanol–water partition coefficient (Wildman–Crippen LogP) is 0.997. The van der Waals surface area contributed by atoms with Crippen LogP contribution in [0, 0.1) is 5.41 Å². The van der Waals surface area contributed by atoms with Gasteiger partial charge in [0.05, 0.1) is 0 Å². The smallest absolute Gasteiger partial charge is 0.275 e. The first-order valence-electron chi connectivity index (χ1n) is 8.29. The second kappa shape index (κ2) is 7.56.